The first kappa shape index (κ1) is 16.7. The molecule has 0 atom stereocenters. The van der Waals surface area contributed by atoms with E-state index in [0.29, 0.717) is 31.5 Å². The number of amides is 2. The Morgan fingerprint density at radius 2 is 2.00 bits per heavy atom. The maximum atomic E-state index is 12.1. The second kappa shape index (κ2) is 7.18. The van der Waals surface area contributed by atoms with Crippen LogP contribution in [0, 0.1) is 12.3 Å². The number of terminal acetylenes is 1. The highest BCUT2D eigenvalue weighted by Gasteiger charge is 2.38. The van der Waals surface area contributed by atoms with Crippen molar-refractivity contribution in [3.63, 3.8) is 0 Å². The zero-order chi connectivity index (χ0) is 17.7. The molecule has 2 aromatic rings. The van der Waals surface area contributed by atoms with Crippen LogP contribution in [0.15, 0.2) is 40.6 Å². The molecular weight excluding hydrogens is 318 g/mol. The Bertz CT molecular complexity index is 823. The standard InChI is InChI=1S/C18H19N5O2/c1-2-3-8-18(22-23-18)9-10-19-16(24)12-20-17(25)15-11-13-6-4-5-7-14(13)21-15/h1,4-7,11,21H,3,8-10,12H2,(H,19,24)(H,20,25). The average Bonchev–Trinajstić information content (AvgIpc) is 3.25. The van der Waals surface area contributed by atoms with Gasteiger partial charge in [-0.25, -0.2) is 0 Å². The van der Waals surface area contributed by atoms with Gasteiger partial charge in [0, 0.05) is 36.7 Å². The molecule has 25 heavy (non-hydrogen) atoms. The highest BCUT2D eigenvalue weighted by atomic mass is 16.2. The van der Waals surface area contributed by atoms with Crippen molar-refractivity contribution in [2.75, 3.05) is 13.1 Å². The number of hydrogen-bond acceptors (Lipinski definition) is 4. The maximum absolute atomic E-state index is 12.1. The summed E-state index contributed by atoms with van der Waals surface area (Å²) in [5.41, 5.74) is 0.900. The Morgan fingerprint density at radius 1 is 1.20 bits per heavy atom. The van der Waals surface area contributed by atoms with Gasteiger partial charge in [-0.05, 0) is 12.1 Å². The molecule has 2 amide bonds. The summed E-state index contributed by atoms with van der Waals surface area (Å²) < 4.78 is 0. The highest BCUT2D eigenvalue weighted by molar-refractivity contribution is 5.99. The first-order valence-electron chi connectivity index (χ1n) is 8.12. The third-order valence-electron chi connectivity index (χ3n) is 4.08. The van der Waals surface area contributed by atoms with Gasteiger partial charge in [-0.15, -0.1) is 12.3 Å². The van der Waals surface area contributed by atoms with Crippen LogP contribution in [0.5, 0.6) is 0 Å². The summed E-state index contributed by atoms with van der Waals surface area (Å²) in [6.45, 7) is 0.360. The van der Waals surface area contributed by atoms with Crippen molar-refractivity contribution in [1.82, 2.24) is 15.6 Å². The molecule has 7 nitrogen and oxygen atoms in total. The number of aromatic nitrogens is 1. The van der Waals surface area contributed by atoms with Crippen LogP contribution in [0.25, 0.3) is 10.9 Å². The van der Waals surface area contributed by atoms with Gasteiger partial charge in [0.25, 0.3) is 5.91 Å². The van der Waals surface area contributed by atoms with Crippen molar-refractivity contribution >= 4 is 22.7 Å². The fourth-order valence-electron chi connectivity index (χ4n) is 2.58. The van der Waals surface area contributed by atoms with Gasteiger partial charge in [-0.3, -0.25) is 9.59 Å². The van der Waals surface area contributed by atoms with E-state index in [2.05, 4.69) is 31.8 Å². The normalized spacial score (nSPS) is 14.0. The van der Waals surface area contributed by atoms with Gasteiger partial charge in [0.1, 0.15) is 5.69 Å². The van der Waals surface area contributed by atoms with Crippen molar-refractivity contribution < 1.29 is 9.59 Å². The third-order valence-corrected chi connectivity index (χ3v) is 4.08. The lowest BCUT2D eigenvalue weighted by molar-refractivity contribution is -0.120. The van der Waals surface area contributed by atoms with Gasteiger partial charge in [0.15, 0.2) is 5.66 Å². The van der Waals surface area contributed by atoms with Gasteiger partial charge in [-0.2, -0.15) is 10.2 Å². The molecule has 0 spiro atoms. The third kappa shape index (κ3) is 4.23. The number of nitrogens with zero attached hydrogens (tertiary/aromatic N) is 2. The summed E-state index contributed by atoms with van der Waals surface area (Å²) in [5.74, 6) is 1.99. The molecule has 0 saturated carbocycles. The summed E-state index contributed by atoms with van der Waals surface area (Å²) in [4.78, 5) is 27.0. The molecule has 0 aliphatic carbocycles. The second-order valence-electron chi connectivity index (χ2n) is 5.94. The van der Waals surface area contributed by atoms with E-state index in [4.69, 9.17) is 6.42 Å². The molecule has 3 rings (SSSR count). The number of rotatable bonds is 8. The molecular formula is C18H19N5O2. The topological polar surface area (TPSA) is 98.7 Å². The van der Waals surface area contributed by atoms with Gasteiger partial charge < -0.3 is 15.6 Å². The quantitative estimate of drug-likeness (QED) is 0.642. The largest absolute Gasteiger partial charge is 0.354 e. The van der Waals surface area contributed by atoms with Crippen molar-refractivity contribution in [3.8, 4) is 12.3 Å². The maximum Gasteiger partial charge on any atom is 0.268 e. The van der Waals surface area contributed by atoms with Crippen molar-refractivity contribution in [2.45, 2.75) is 24.9 Å². The zero-order valence-corrected chi connectivity index (χ0v) is 13.7. The summed E-state index contributed by atoms with van der Waals surface area (Å²) in [7, 11) is 0. The molecule has 1 aliphatic rings. The minimum absolute atomic E-state index is 0.0835. The molecule has 0 bridgehead atoms. The first-order chi connectivity index (χ1) is 12.1. The fraction of sp³-hybridized carbons (Fsp3) is 0.333. The van der Waals surface area contributed by atoms with E-state index in [0.717, 1.165) is 10.9 Å². The Morgan fingerprint density at radius 3 is 2.72 bits per heavy atom. The van der Waals surface area contributed by atoms with E-state index in [1.807, 2.05) is 24.3 Å². The van der Waals surface area contributed by atoms with E-state index < -0.39 is 5.66 Å². The number of fused-ring (bicyclic) bond motifs is 1. The van der Waals surface area contributed by atoms with E-state index in [9.17, 15) is 9.59 Å². The first-order valence-corrected chi connectivity index (χ1v) is 8.12. The van der Waals surface area contributed by atoms with Crippen molar-refractivity contribution in [3.05, 3.63) is 36.0 Å². The number of aromatic amines is 1. The zero-order valence-electron chi connectivity index (χ0n) is 13.7. The van der Waals surface area contributed by atoms with E-state index in [1.54, 1.807) is 6.07 Å². The highest BCUT2D eigenvalue weighted by Crippen LogP contribution is 2.35. The summed E-state index contributed by atoms with van der Waals surface area (Å²) in [5, 5.41) is 14.3. The lowest BCUT2D eigenvalue weighted by atomic mass is 10.0. The predicted octanol–water partition coefficient (Wildman–Crippen LogP) is 1.98. The number of hydrogen-bond donors (Lipinski definition) is 3. The lowest BCUT2D eigenvalue weighted by Crippen LogP contribution is -2.38. The average molecular weight is 337 g/mol. The van der Waals surface area contributed by atoms with Crippen LogP contribution in [-0.4, -0.2) is 35.6 Å². The summed E-state index contributed by atoms with van der Waals surface area (Å²) >= 11 is 0. The van der Waals surface area contributed by atoms with Crippen LogP contribution in [0.3, 0.4) is 0 Å². The molecule has 1 aromatic carbocycles. The Hall–Kier alpha value is -3.14. The van der Waals surface area contributed by atoms with Gasteiger partial charge in [0.2, 0.25) is 5.91 Å². The van der Waals surface area contributed by atoms with Crippen LogP contribution in [0.4, 0.5) is 0 Å². The Balaban J connectivity index is 1.40. The summed E-state index contributed by atoms with van der Waals surface area (Å²) in [6, 6.07) is 9.36. The van der Waals surface area contributed by atoms with Gasteiger partial charge in [0.05, 0.1) is 6.54 Å². The monoisotopic (exact) mass is 337 g/mol. The molecule has 3 N–H and O–H groups in total. The number of carbonyl (C=O) groups is 2. The second-order valence-corrected chi connectivity index (χ2v) is 5.94. The van der Waals surface area contributed by atoms with E-state index in [1.165, 1.54) is 0 Å². The van der Waals surface area contributed by atoms with E-state index in [-0.39, 0.29) is 18.4 Å². The molecule has 0 saturated heterocycles. The smallest absolute Gasteiger partial charge is 0.268 e. The number of H-pyrrole nitrogens is 1. The summed E-state index contributed by atoms with van der Waals surface area (Å²) in [6.07, 6.45) is 7.17. The van der Waals surface area contributed by atoms with Crippen LogP contribution in [0.2, 0.25) is 0 Å². The number of benzene rings is 1. The molecule has 2 heterocycles. The number of para-hydroxylation sites is 1. The lowest BCUT2D eigenvalue weighted by Gasteiger charge is -2.10. The van der Waals surface area contributed by atoms with Crippen molar-refractivity contribution in [1.29, 1.82) is 0 Å². The molecule has 7 heteroatoms. The molecule has 1 aliphatic heterocycles. The van der Waals surface area contributed by atoms with Crippen molar-refractivity contribution in [2.24, 2.45) is 10.2 Å². The van der Waals surface area contributed by atoms with Gasteiger partial charge >= 0.3 is 0 Å². The SMILES string of the molecule is C#CCCC1(CCNC(=O)CNC(=O)c2cc3ccccc3[nH]2)N=N1. The predicted molar refractivity (Wildman–Crippen MR) is 93.9 cm³/mol. The Kier molecular flexibility index (Phi) is 4.80. The fourth-order valence-corrected chi connectivity index (χ4v) is 2.58. The molecule has 0 radical (unpaired) electrons. The van der Waals surface area contributed by atoms with Gasteiger partial charge in [-0.1, -0.05) is 18.2 Å². The number of carbonyl (C=O) groups excluding carboxylic acids is 2. The minimum Gasteiger partial charge on any atom is -0.354 e. The van der Waals surface area contributed by atoms with E-state index >= 15 is 0 Å². The molecule has 128 valence electrons. The molecule has 1 aromatic heterocycles. The minimum atomic E-state index is -0.409. The van der Waals surface area contributed by atoms with Crippen LogP contribution in [0.1, 0.15) is 29.8 Å². The van der Waals surface area contributed by atoms with Crippen LogP contribution in [-0.2, 0) is 4.79 Å². The van der Waals surface area contributed by atoms with Crippen LogP contribution < -0.4 is 10.6 Å². The molecule has 0 unspecified atom stereocenters. The molecule has 0 fully saturated rings. The Labute approximate surface area is 145 Å². The van der Waals surface area contributed by atoms with Crippen LogP contribution >= 0.6 is 0 Å². The number of nitrogens with one attached hydrogen (secondary N) is 3.